The highest BCUT2D eigenvalue weighted by atomic mass is 32.2. The highest BCUT2D eigenvalue weighted by molar-refractivity contribution is 7.92. The third-order valence-electron chi connectivity index (χ3n) is 4.49. The first-order valence-corrected chi connectivity index (χ1v) is 10.7. The molecule has 0 radical (unpaired) electrons. The van der Waals surface area contributed by atoms with Crippen LogP contribution < -0.4 is 10.0 Å². The van der Waals surface area contributed by atoms with Crippen molar-refractivity contribution in [1.82, 2.24) is 5.32 Å². The van der Waals surface area contributed by atoms with E-state index in [9.17, 15) is 26.4 Å². The summed E-state index contributed by atoms with van der Waals surface area (Å²) in [5.41, 5.74) is 0.619. The largest absolute Gasteiger partial charge is 0.416 e. The second-order valence-corrected chi connectivity index (χ2v) is 8.51. The summed E-state index contributed by atoms with van der Waals surface area (Å²) in [5.74, 6) is -0.488. The molecule has 9 heteroatoms. The molecule has 0 atom stereocenters. The van der Waals surface area contributed by atoms with Gasteiger partial charge in [-0.05, 0) is 60.5 Å². The Labute approximate surface area is 178 Å². The van der Waals surface area contributed by atoms with E-state index in [1.54, 1.807) is 25.1 Å². The topological polar surface area (TPSA) is 75.3 Å². The molecule has 1 amide bonds. The summed E-state index contributed by atoms with van der Waals surface area (Å²) in [6.07, 6.45) is -4.46. The molecule has 162 valence electrons. The summed E-state index contributed by atoms with van der Waals surface area (Å²) in [7, 11) is -3.77. The van der Waals surface area contributed by atoms with Gasteiger partial charge in [0, 0.05) is 12.1 Å². The quantitative estimate of drug-likeness (QED) is 0.572. The first-order chi connectivity index (χ1) is 14.6. The summed E-state index contributed by atoms with van der Waals surface area (Å²) in [6, 6.07) is 17.0. The van der Waals surface area contributed by atoms with Crippen LogP contribution in [0.4, 0.5) is 18.9 Å². The maximum atomic E-state index is 12.8. The van der Waals surface area contributed by atoms with E-state index in [4.69, 9.17) is 0 Å². The number of aryl methyl sites for hydroxylation is 1. The maximum absolute atomic E-state index is 12.8. The van der Waals surface area contributed by atoms with Gasteiger partial charge in [0.05, 0.1) is 16.1 Å². The van der Waals surface area contributed by atoms with E-state index in [0.717, 1.165) is 12.1 Å². The van der Waals surface area contributed by atoms with Crippen LogP contribution in [0.2, 0.25) is 0 Å². The molecule has 0 aliphatic heterocycles. The molecule has 0 spiro atoms. The number of carbonyl (C=O) groups is 1. The molecule has 3 aromatic carbocycles. The van der Waals surface area contributed by atoms with Gasteiger partial charge in [0.2, 0.25) is 0 Å². The minimum atomic E-state index is -4.46. The zero-order valence-electron chi connectivity index (χ0n) is 16.4. The lowest BCUT2D eigenvalue weighted by atomic mass is 10.1. The van der Waals surface area contributed by atoms with Gasteiger partial charge in [-0.1, -0.05) is 30.3 Å². The molecule has 5 nitrogen and oxygen atoms in total. The number of sulfonamides is 1. The second-order valence-electron chi connectivity index (χ2n) is 6.83. The average molecular weight is 448 g/mol. The lowest BCUT2D eigenvalue weighted by molar-refractivity contribution is -0.137. The van der Waals surface area contributed by atoms with Gasteiger partial charge in [-0.15, -0.1) is 0 Å². The highest BCUT2D eigenvalue weighted by Crippen LogP contribution is 2.29. The number of amides is 1. The molecule has 0 saturated carbocycles. The summed E-state index contributed by atoms with van der Waals surface area (Å²) in [5, 5.41) is 2.57. The van der Waals surface area contributed by atoms with Gasteiger partial charge in [-0.2, -0.15) is 13.2 Å². The van der Waals surface area contributed by atoms with Gasteiger partial charge in [0.25, 0.3) is 15.9 Å². The Morgan fingerprint density at radius 3 is 2.29 bits per heavy atom. The van der Waals surface area contributed by atoms with E-state index in [1.165, 1.54) is 42.5 Å². The van der Waals surface area contributed by atoms with Crippen LogP contribution in [0.1, 0.15) is 27.0 Å². The molecule has 0 bridgehead atoms. The first-order valence-electron chi connectivity index (χ1n) is 9.19. The molecule has 0 fully saturated rings. The molecule has 3 aromatic rings. The monoisotopic (exact) mass is 448 g/mol. The fourth-order valence-corrected chi connectivity index (χ4v) is 4.02. The van der Waals surface area contributed by atoms with Crippen LogP contribution in [0, 0.1) is 6.92 Å². The minimum absolute atomic E-state index is 0.0792. The standard InChI is InChI=1S/C22H19F3N2O3S/c1-15-12-17(10-11-20(15)27-31(29,30)19-8-3-2-4-9-19)21(28)26-14-16-6-5-7-18(13-16)22(23,24)25/h2-13,27H,14H2,1H3,(H,26,28). The van der Waals surface area contributed by atoms with Gasteiger partial charge in [-0.25, -0.2) is 8.42 Å². The predicted octanol–water partition coefficient (Wildman–Crippen LogP) is 4.74. The van der Waals surface area contributed by atoms with Crippen molar-refractivity contribution < 1.29 is 26.4 Å². The van der Waals surface area contributed by atoms with Crippen molar-refractivity contribution in [2.24, 2.45) is 0 Å². The maximum Gasteiger partial charge on any atom is 0.416 e. The number of benzene rings is 3. The van der Waals surface area contributed by atoms with E-state index in [-0.39, 0.29) is 17.0 Å². The normalized spacial score (nSPS) is 11.7. The van der Waals surface area contributed by atoms with E-state index < -0.39 is 27.7 Å². The number of halogens is 3. The van der Waals surface area contributed by atoms with E-state index >= 15 is 0 Å². The molecular formula is C22H19F3N2O3S. The zero-order valence-corrected chi connectivity index (χ0v) is 17.2. The van der Waals surface area contributed by atoms with Crippen molar-refractivity contribution in [3.8, 4) is 0 Å². The van der Waals surface area contributed by atoms with E-state index in [0.29, 0.717) is 16.8 Å². The van der Waals surface area contributed by atoms with Crippen molar-refractivity contribution in [3.05, 3.63) is 95.1 Å². The van der Waals surface area contributed by atoms with Crippen LogP contribution in [-0.2, 0) is 22.7 Å². The van der Waals surface area contributed by atoms with Gasteiger partial charge >= 0.3 is 6.18 Å². The predicted molar refractivity (Wildman–Crippen MR) is 111 cm³/mol. The summed E-state index contributed by atoms with van der Waals surface area (Å²) < 4.78 is 65.8. The van der Waals surface area contributed by atoms with E-state index in [1.807, 2.05) is 0 Å². The smallest absolute Gasteiger partial charge is 0.348 e. The molecule has 0 aliphatic carbocycles. The van der Waals surface area contributed by atoms with Gasteiger partial charge in [-0.3, -0.25) is 9.52 Å². The Hall–Kier alpha value is -3.33. The average Bonchev–Trinajstić information content (AvgIpc) is 2.73. The zero-order chi connectivity index (χ0) is 22.6. The fourth-order valence-electron chi connectivity index (χ4n) is 2.86. The third-order valence-corrected chi connectivity index (χ3v) is 5.88. The van der Waals surface area contributed by atoms with Crippen molar-refractivity contribution in [3.63, 3.8) is 0 Å². The molecule has 0 unspecified atom stereocenters. The van der Waals surface area contributed by atoms with Crippen LogP contribution in [0.15, 0.2) is 77.7 Å². The van der Waals surface area contributed by atoms with Crippen molar-refractivity contribution in [2.45, 2.75) is 24.5 Å². The number of rotatable bonds is 6. The molecule has 0 aliphatic rings. The van der Waals surface area contributed by atoms with E-state index in [2.05, 4.69) is 10.0 Å². The number of nitrogens with one attached hydrogen (secondary N) is 2. The Kier molecular flexibility index (Phi) is 6.35. The van der Waals surface area contributed by atoms with Crippen LogP contribution in [0.25, 0.3) is 0 Å². The number of hydrogen-bond donors (Lipinski definition) is 2. The number of hydrogen-bond acceptors (Lipinski definition) is 3. The van der Waals surface area contributed by atoms with Crippen LogP contribution in [0.3, 0.4) is 0 Å². The summed E-state index contributed by atoms with van der Waals surface area (Å²) >= 11 is 0. The molecular weight excluding hydrogens is 429 g/mol. The van der Waals surface area contributed by atoms with Crippen LogP contribution in [0.5, 0.6) is 0 Å². The van der Waals surface area contributed by atoms with Crippen LogP contribution in [-0.4, -0.2) is 14.3 Å². The second kappa shape index (κ2) is 8.81. The lowest BCUT2D eigenvalue weighted by Crippen LogP contribution is -2.23. The van der Waals surface area contributed by atoms with Crippen LogP contribution >= 0.6 is 0 Å². The highest BCUT2D eigenvalue weighted by Gasteiger charge is 2.30. The Morgan fingerprint density at radius 1 is 0.935 bits per heavy atom. The first kappa shape index (κ1) is 22.4. The Balaban J connectivity index is 1.69. The SMILES string of the molecule is Cc1cc(C(=O)NCc2cccc(C(F)(F)F)c2)ccc1NS(=O)(=O)c1ccccc1. The fraction of sp³-hybridized carbons (Fsp3) is 0.136. The number of carbonyl (C=O) groups excluding carboxylic acids is 1. The third kappa shape index (κ3) is 5.64. The Morgan fingerprint density at radius 2 is 1.65 bits per heavy atom. The van der Waals surface area contributed by atoms with Gasteiger partial charge in [0.15, 0.2) is 0 Å². The molecule has 3 rings (SSSR count). The molecule has 2 N–H and O–H groups in total. The lowest BCUT2D eigenvalue weighted by Gasteiger charge is -2.13. The number of alkyl halides is 3. The minimum Gasteiger partial charge on any atom is -0.348 e. The Bertz CT molecular complexity index is 1190. The van der Waals surface area contributed by atoms with Crippen molar-refractivity contribution >= 4 is 21.6 Å². The molecule has 0 saturated heterocycles. The molecule has 0 heterocycles. The van der Waals surface area contributed by atoms with Crippen molar-refractivity contribution in [1.29, 1.82) is 0 Å². The number of anilines is 1. The van der Waals surface area contributed by atoms with Gasteiger partial charge in [0.1, 0.15) is 0 Å². The summed E-state index contributed by atoms with van der Waals surface area (Å²) in [4.78, 5) is 12.5. The molecule has 31 heavy (non-hydrogen) atoms. The van der Waals surface area contributed by atoms with Gasteiger partial charge < -0.3 is 5.32 Å². The molecule has 0 aromatic heterocycles. The summed E-state index contributed by atoms with van der Waals surface area (Å²) in [6.45, 7) is 1.57. The van der Waals surface area contributed by atoms with Crippen molar-refractivity contribution in [2.75, 3.05) is 4.72 Å².